The molecule has 0 aliphatic carbocycles. The van der Waals surface area contributed by atoms with Crippen LogP contribution in [0.25, 0.3) is 11.0 Å². The van der Waals surface area contributed by atoms with Crippen LogP contribution >= 0.6 is 0 Å². The van der Waals surface area contributed by atoms with Gasteiger partial charge in [-0.25, -0.2) is 9.97 Å². The zero-order valence-corrected chi connectivity index (χ0v) is 13.9. The molecule has 0 aliphatic rings. The van der Waals surface area contributed by atoms with Crippen molar-refractivity contribution < 1.29 is 0 Å². The summed E-state index contributed by atoms with van der Waals surface area (Å²) in [7, 11) is 0. The molecular formula is C17H18N8. The van der Waals surface area contributed by atoms with E-state index in [0.717, 1.165) is 28.1 Å². The number of fused-ring (bicyclic) bond motifs is 1. The molecule has 0 bridgehead atoms. The van der Waals surface area contributed by atoms with Crippen molar-refractivity contribution >= 4 is 28.6 Å². The van der Waals surface area contributed by atoms with Crippen LogP contribution < -0.4 is 10.6 Å². The van der Waals surface area contributed by atoms with Crippen molar-refractivity contribution in [3.8, 4) is 0 Å². The number of benzene rings is 1. The van der Waals surface area contributed by atoms with E-state index in [0.29, 0.717) is 11.8 Å². The summed E-state index contributed by atoms with van der Waals surface area (Å²) in [6, 6.07) is 9.90. The largest absolute Gasteiger partial charge is 0.348 e. The minimum Gasteiger partial charge on any atom is -0.348 e. The summed E-state index contributed by atoms with van der Waals surface area (Å²) < 4.78 is 0. The van der Waals surface area contributed by atoms with Crippen LogP contribution in [0, 0.1) is 6.92 Å². The first kappa shape index (κ1) is 15.1. The third kappa shape index (κ3) is 3.27. The Balaban J connectivity index is 1.50. The molecule has 0 fully saturated rings. The van der Waals surface area contributed by atoms with Gasteiger partial charge in [-0.3, -0.25) is 5.10 Å². The van der Waals surface area contributed by atoms with Crippen molar-refractivity contribution in [3.05, 3.63) is 54.1 Å². The van der Waals surface area contributed by atoms with Crippen molar-refractivity contribution in [2.45, 2.75) is 19.9 Å². The first-order valence-electron chi connectivity index (χ1n) is 7.99. The fourth-order valence-electron chi connectivity index (χ4n) is 2.61. The number of hydrogen-bond acceptors (Lipinski definition) is 6. The highest BCUT2D eigenvalue weighted by Gasteiger charge is 2.09. The van der Waals surface area contributed by atoms with E-state index in [1.54, 1.807) is 18.6 Å². The number of nitrogens with zero attached hydrogens (tertiary/aromatic N) is 4. The Labute approximate surface area is 144 Å². The Bertz CT molecular complexity index is 1000. The van der Waals surface area contributed by atoms with E-state index in [2.05, 4.69) is 59.8 Å². The molecule has 4 aromatic rings. The Morgan fingerprint density at radius 3 is 2.84 bits per heavy atom. The van der Waals surface area contributed by atoms with Gasteiger partial charge in [0.25, 0.3) is 0 Å². The normalized spacial score (nSPS) is 12.2. The van der Waals surface area contributed by atoms with Gasteiger partial charge in [-0.05, 0) is 37.6 Å². The summed E-state index contributed by atoms with van der Waals surface area (Å²) in [6.07, 6.45) is 3.41. The standard InChI is InChI=1S/C17H18N8/c1-10-7-16(25-24-10)22-15-5-6-18-17(23-15)21-11(2)12-3-4-13-14(8-12)20-9-19-13/h3-9,11H,1-2H3,(H,19,20)(H3,18,21,22,23,24,25)/t11-/m0/s1. The second-order valence-electron chi connectivity index (χ2n) is 5.87. The van der Waals surface area contributed by atoms with Crippen LogP contribution in [-0.2, 0) is 0 Å². The Kier molecular flexibility index (Phi) is 3.77. The molecule has 0 saturated carbocycles. The van der Waals surface area contributed by atoms with Crippen LogP contribution in [0.5, 0.6) is 0 Å². The van der Waals surface area contributed by atoms with Gasteiger partial charge in [-0.2, -0.15) is 10.1 Å². The molecular weight excluding hydrogens is 316 g/mol. The number of rotatable bonds is 5. The highest BCUT2D eigenvalue weighted by atomic mass is 15.2. The van der Waals surface area contributed by atoms with E-state index in [1.807, 2.05) is 19.1 Å². The van der Waals surface area contributed by atoms with Gasteiger partial charge in [0.05, 0.1) is 23.4 Å². The van der Waals surface area contributed by atoms with Crippen LogP contribution in [-0.4, -0.2) is 30.1 Å². The second-order valence-corrected chi connectivity index (χ2v) is 5.87. The summed E-state index contributed by atoms with van der Waals surface area (Å²) in [5.74, 6) is 1.95. The minimum atomic E-state index is 0.0454. The number of aromatic nitrogens is 6. The molecule has 126 valence electrons. The summed E-state index contributed by atoms with van der Waals surface area (Å²) in [4.78, 5) is 16.2. The third-order valence-corrected chi connectivity index (χ3v) is 3.91. The number of aromatic amines is 2. The molecule has 3 aromatic heterocycles. The van der Waals surface area contributed by atoms with Gasteiger partial charge in [0.1, 0.15) is 5.82 Å². The number of imidazole rings is 1. The van der Waals surface area contributed by atoms with E-state index < -0.39 is 0 Å². The van der Waals surface area contributed by atoms with Gasteiger partial charge in [0, 0.05) is 18.0 Å². The van der Waals surface area contributed by atoms with Crippen LogP contribution in [0.15, 0.2) is 42.9 Å². The minimum absolute atomic E-state index is 0.0454. The maximum absolute atomic E-state index is 4.49. The lowest BCUT2D eigenvalue weighted by Crippen LogP contribution is -2.10. The first-order chi connectivity index (χ1) is 12.2. The van der Waals surface area contributed by atoms with Crippen molar-refractivity contribution in [3.63, 3.8) is 0 Å². The predicted molar refractivity (Wildman–Crippen MR) is 96.8 cm³/mol. The third-order valence-electron chi connectivity index (χ3n) is 3.91. The van der Waals surface area contributed by atoms with Gasteiger partial charge in [-0.1, -0.05) is 6.07 Å². The molecule has 8 heteroatoms. The summed E-state index contributed by atoms with van der Waals surface area (Å²) in [5, 5.41) is 13.5. The van der Waals surface area contributed by atoms with Crippen molar-refractivity contribution in [2.75, 3.05) is 10.6 Å². The fraction of sp³-hybridized carbons (Fsp3) is 0.176. The highest BCUT2D eigenvalue weighted by molar-refractivity contribution is 5.75. The Hall–Kier alpha value is -3.42. The molecule has 4 rings (SSSR count). The molecule has 1 aromatic carbocycles. The number of hydrogen-bond donors (Lipinski definition) is 4. The van der Waals surface area contributed by atoms with Crippen molar-refractivity contribution in [1.82, 2.24) is 30.1 Å². The molecule has 0 saturated heterocycles. The SMILES string of the molecule is Cc1cc(Nc2ccnc(N[C@@H](C)c3ccc4[nH]cnc4c3)n2)n[nH]1. The monoisotopic (exact) mass is 334 g/mol. The van der Waals surface area contributed by atoms with E-state index in [4.69, 9.17) is 0 Å². The van der Waals surface area contributed by atoms with Crippen LogP contribution in [0.2, 0.25) is 0 Å². The van der Waals surface area contributed by atoms with Gasteiger partial charge in [-0.15, -0.1) is 0 Å². The molecule has 0 aliphatic heterocycles. The molecule has 0 spiro atoms. The average molecular weight is 334 g/mol. The molecule has 0 radical (unpaired) electrons. The number of anilines is 3. The Morgan fingerprint density at radius 1 is 1.08 bits per heavy atom. The quantitative estimate of drug-likeness (QED) is 0.446. The molecule has 25 heavy (non-hydrogen) atoms. The second kappa shape index (κ2) is 6.23. The zero-order chi connectivity index (χ0) is 17.2. The molecule has 1 atom stereocenters. The summed E-state index contributed by atoms with van der Waals surface area (Å²) in [6.45, 7) is 4.01. The first-order valence-corrected chi connectivity index (χ1v) is 7.99. The Morgan fingerprint density at radius 2 is 2.00 bits per heavy atom. The smallest absolute Gasteiger partial charge is 0.225 e. The molecule has 0 unspecified atom stereocenters. The van der Waals surface area contributed by atoms with Crippen molar-refractivity contribution in [2.24, 2.45) is 0 Å². The molecule has 8 nitrogen and oxygen atoms in total. The van der Waals surface area contributed by atoms with E-state index in [9.17, 15) is 0 Å². The van der Waals surface area contributed by atoms with Crippen LogP contribution in [0.3, 0.4) is 0 Å². The van der Waals surface area contributed by atoms with E-state index >= 15 is 0 Å². The van der Waals surface area contributed by atoms with E-state index in [1.165, 1.54) is 0 Å². The number of H-pyrrole nitrogens is 2. The average Bonchev–Trinajstić information content (AvgIpc) is 3.23. The van der Waals surface area contributed by atoms with E-state index in [-0.39, 0.29) is 6.04 Å². The fourth-order valence-corrected chi connectivity index (χ4v) is 2.61. The number of nitrogens with one attached hydrogen (secondary N) is 4. The molecule has 4 N–H and O–H groups in total. The van der Waals surface area contributed by atoms with Crippen molar-refractivity contribution in [1.29, 1.82) is 0 Å². The maximum Gasteiger partial charge on any atom is 0.225 e. The van der Waals surface area contributed by atoms with Crippen LogP contribution in [0.1, 0.15) is 24.2 Å². The lowest BCUT2D eigenvalue weighted by molar-refractivity contribution is 0.862. The molecule has 0 amide bonds. The predicted octanol–water partition coefficient (Wildman–Crippen LogP) is 3.30. The van der Waals surface area contributed by atoms with Gasteiger partial charge in [0.2, 0.25) is 5.95 Å². The zero-order valence-electron chi connectivity index (χ0n) is 13.9. The van der Waals surface area contributed by atoms with Gasteiger partial charge >= 0.3 is 0 Å². The summed E-state index contributed by atoms with van der Waals surface area (Å²) >= 11 is 0. The van der Waals surface area contributed by atoms with Crippen LogP contribution in [0.4, 0.5) is 17.6 Å². The number of aryl methyl sites for hydroxylation is 1. The topological polar surface area (TPSA) is 107 Å². The lowest BCUT2D eigenvalue weighted by atomic mass is 10.1. The van der Waals surface area contributed by atoms with Gasteiger partial charge < -0.3 is 15.6 Å². The highest BCUT2D eigenvalue weighted by Crippen LogP contribution is 2.21. The molecule has 3 heterocycles. The van der Waals surface area contributed by atoms with Gasteiger partial charge in [0.15, 0.2) is 5.82 Å². The summed E-state index contributed by atoms with van der Waals surface area (Å²) in [5.41, 5.74) is 4.06. The maximum atomic E-state index is 4.49. The lowest BCUT2D eigenvalue weighted by Gasteiger charge is -2.14.